The van der Waals surface area contributed by atoms with Crippen LogP contribution in [0.15, 0.2) is 194 Å². The van der Waals surface area contributed by atoms with Crippen LogP contribution in [0.3, 0.4) is 0 Å². The molecule has 0 aliphatic rings. The van der Waals surface area contributed by atoms with Crippen LogP contribution in [-0.2, 0) is 0 Å². The third kappa shape index (κ3) is 4.38. The summed E-state index contributed by atoms with van der Waals surface area (Å²) in [4.78, 5) is 2.39. The fraction of sp³-hybridized carbons (Fsp3) is 0. The molecule has 0 saturated carbocycles. The maximum absolute atomic E-state index is 2.46. The number of aromatic nitrogens is 1. The van der Waals surface area contributed by atoms with E-state index >= 15 is 0 Å². The molecule has 0 aliphatic heterocycles. The van der Waals surface area contributed by atoms with Crippen LogP contribution in [0.1, 0.15) is 0 Å². The normalized spacial score (nSPS) is 11.8. The molecule has 0 aliphatic carbocycles. The minimum absolute atomic E-state index is 1.11. The number of nitrogens with zero attached hydrogens (tertiary/aromatic N) is 2. The van der Waals surface area contributed by atoms with Crippen molar-refractivity contribution in [3.8, 4) is 22.3 Å². The first-order valence-corrected chi connectivity index (χ1v) is 17.9. The molecule has 0 fully saturated rings. The summed E-state index contributed by atoms with van der Waals surface area (Å²) in [6, 6.07) is 71.0. The average Bonchev–Trinajstić information content (AvgIpc) is 3.74. The van der Waals surface area contributed by atoms with Gasteiger partial charge in [0.1, 0.15) is 0 Å². The zero-order valence-corrected chi connectivity index (χ0v) is 28.4. The number of hydrogen-bond donors (Lipinski definition) is 0. The molecular weight excluding hydrogens is 629 g/mol. The Morgan fingerprint density at radius 3 is 1.58 bits per heavy atom. The molecule has 11 rings (SSSR count). The van der Waals surface area contributed by atoms with Gasteiger partial charge in [0.05, 0.1) is 16.6 Å². The van der Waals surface area contributed by atoms with Gasteiger partial charge in [0, 0.05) is 38.6 Å². The van der Waals surface area contributed by atoms with Gasteiger partial charge < -0.3 is 9.30 Å². The molecule has 2 heteroatoms. The van der Waals surface area contributed by atoms with E-state index in [1.807, 2.05) is 0 Å². The van der Waals surface area contributed by atoms with E-state index in [0.717, 1.165) is 17.1 Å². The van der Waals surface area contributed by atoms with Gasteiger partial charge in [-0.1, -0.05) is 146 Å². The number of hydrogen-bond acceptors (Lipinski definition) is 1. The second-order valence-electron chi connectivity index (χ2n) is 13.8. The molecule has 0 amide bonds. The highest BCUT2D eigenvalue weighted by molar-refractivity contribution is 6.23. The Balaban J connectivity index is 1.06. The van der Waals surface area contributed by atoms with E-state index in [1.54, 1.807) is 0 Å². The highest BCUT2D eigenvalue weighted by Gasteiger charge is 2.20. The summed E-state index contributed by atoms with van der Waals surface area (Å²) in [5.41, 5.74) is 11.9. The van der Waals surface area contributed by atoms with Crippen molar-refractivity contribution in [3.05, 3.63) is 194 Å². The quantitative estimate of drug-likeness (QED) is 0.167. The lowest BCUT2D eigenvalue weighted by molar-refractivity contribution is 1.28. The van der Waals surface area contributed by atoms with E-state index in [2.05, 4.69) is 203 Å². The molecular formula is C50H32N2. The topological polar surface area (TPSA) is 7.65 Å². The van der Waals surface area contributed by atoms with Crippen molar-refractivity contribution in [2.24, 2.45) is 0 Å². The summed E-state index contributed by atoms with van der Waals surface area (Å²) >= 11 is 0. The minimum atomic E-state index is 1.11. The van der Waals surface area contributed by atoms with Crippen LogP contribution < -0.4 is 4.90 Å². The van der Waals surface area contributed by atoms with Crippen molar-refractivity contribution in [1.29, 1.82) is 0 Å². The first-order chi connectivity index (χ1) is 25.8. The van der Waals surface area contributed by atoms with Crippen LogP contribution in [0.25, 0.3) is 81.9 Å². The minimum Gasteiger partial charge on any atom is -0.310 e. The number of anilines is 3. The van der Waals surface area contributed by atoms with E-state index in [0.29, 0.717) is 0 Å². The SMILES string of the molecule is c1ccc(-c2ccc(N(c3ccc(-c4ccc5c(ccc6ccccc65)c4)cc3)c3ccc4c5cccc6c7ccccc7n(c4c3)c65)cc2)cc1. The van der Waals surface area contributed by atoms with Gasteiger partial charge in [0.25, 0.3) is 0 Å². The molecule has 2 nitrogen and oxygen atoms in total. The Bertz CT molecular complexity index is 3100. The average molecular weight is 661 g/mol. The number of rotatable bonds is 5. The Morgan fingerprint density at radius 1 is 0.288 bits per heavy atom. The molecule has 0 unspecified atom stereocenters. The first-order valence-electron chi connectivity index (χ1n) is 17.9. The summed E-state index contributed by atoms with van der Waals surface area (Å²) in [6.07, 6.45) is 0. The summed E-state index contributed by atoms with van der Waals surface area (Å²) in [5, 5.41) is 10.3. The Hall–Kier alpha value is -6.90. The summed E-state index contributed by atoms with van der Waals surface area (Å²) in [5.74, 6) is 0. The van der Waals surface area contributed by atoms with E-state index in [9.17, 15) is 0 Å². The molecule has 52 heavy (non-hydrogen) atoms. The largest absolute Gasteiger partial charge is 0.310 e. The van der Waals surface area contributed by atoms with Gasteiger partial charge in [0.2, 0.25) is 0 Å². The predicted molar refractivity (Wildman–Crippen MR) is 222 cm³/mol. The fourth-order valence-electron chi connectivity index (χ4n) is 8.43. The van der Waals surface area contributed by atoms with Crippen LogP contribution in [-0.4, -0.2) is 4.40 Å². The third-order valence-corrected chi connectivity index (χ3v) is 10.9. The van der Waals surface area contributed by atoms with Crippen LogP contribution in [0.2, 0.25) is 0 Å². The standard InChI is InChI=1S/C50H32N2/c1-2-9-33(10-3-1)34-19-24-39(25-20-34)51(40-26-21-35(22-27-40)37-23-29-43-38(31-37)18-17-36-11-4-5-12-42(36)43)41-28-30-45-47-15-8-14-46-44-13-6-7-16-48(44)52(50(46)47)49(45)32-41/h1-32H. The van der Waals surface area contributed by atoms with Crippen molar-refractivity contribution >= 4 is 76.7 Å². The molecule has 0 N–H and O–H groups in total. The second kappa shape index (κ2) is 11.3. The molecule has 0 atom stereocenters. The van der Waals surface area contributed by atoms with E-state index in [4.69, 9.17) is 0 Å². The summed E-state index contributed by atoms with van der Waals surface area (Å²) in [6.45, 7) is 0. The van der Waals surface area contributed by atoms with Gasteiger partial charge in [-0.15, -0.1) is 0 Å². The van der Waals surface area contributed by atoms with Crippen molar-refractivity contribution in [1.82, 2.24) is 4.40 Å². The monoisotopic (exact) mass is 660 g/mol. The zero-order valence-electron chi connectivity index (χ0n) is 28.4. The van der Waals surface area contributed by atoms with Crippen molar-refractivity contribution < 1.29 is 0 Å². The van der Waals surface area contributed by atoms with Crippen molar-refractivity contribution in [2.75, 3.05) is 4.90 Å². The Kier molecular flexibility index (Phi) is 6.28. The van der Waals surface area contributed by atoms with E-state index < -0.39 is 0 Å². The van der Waals surface area contributed by atoms with Gasteiger partial charge in [-0.05, 0) is 92.3 Å². The predicted octanol–water partition coefficient (Wildman–Crippen LogP) is 13.9. The summed E-state index contributed by atoms with van der Waals surface area (Å²) in [7, 11) is 0. The van der Waals surface area contributed by atoms with Gasteiger partial charge in [-0.25, -0.2) is 0 Å². The van der Waals surface area contributed by atoms with Gasteiger partial charge in [-0.3, -0.25) is 0 Å². The fourth-order valence-corrected chi connectivity index (χ4v) is 8.43. The molecule has 11 aromatic rings. The van der Waals surface area contributed by atoms with Crippen LogP contribution in [0.4, 0.5) is 17.1 Å². The number of fused-ring (bicyclic) bond motifs is 9. The molecule has 242 valence electrons. The molecule has 0 saturated heterocycles. The smallest absolute Gasteiger partial charge is 0.0620 e. The van der Waals surface area contributed by atoms with Crippen LogP contribution in [0.5, 0.6) is 0 Å². The second-order valence-corrected chi connectivity index (χ2v) is 13.8. The maximum Gasteiger partial charge on any atom is 0.0620 e. The molecule has 0 spiro atoms. The van der Waals surface area contributed by atoms with Gasteiger partial charge in [-0.2, -0.15) is 0 Å². The van der Waals surface area contributed by atoms with Crippen LogP contribution in [0, 0.1) is 0 Å². The Labute approximate surface area is 301 Å². The highest BCUT2D eigenvalue weighted by atomic mass is 15.1. The third-order valence-electron chi connectivity index (χ3n) is 10.9. The van der Waals surface area contributed by atoms with Crippen molar-refractivity contribution in [2.45, 2.75) is 0 Å². The summed E-state index contributed by atoms with van der Waals surface area (Å²) < 4.78 is 2.46. The first kappa shape index (κ1) is 28.9. The lowest BCUT2D eigenvalue weighted by atomic mass is 9.97. The molecule has 0 radical (unpaired) electrons. The number of para-hydroxylation sites is 2. The van der Waals surface area contributed by atoms with E-state index in [1.165, 1.54) is 81.9 Å². The lowest BCUT2D eigenvalue weighted by Gasteiger charge is -2.26. The zero-order chi connectivity index (χ0) is 34.2. The van der Waals surface area contributed by atoms with Gasteiger partial charge in [0.15, 0.2) is 0 Å². The highest BCUT2D eigenvalue weighted by Crippen LogP contribution is 2.43. The molecule has 9 aromatic carbocycles. The van der Waals surface area contributed by atoms with E-state index in [-0.39, 0.29) is 0 Å². The van der Waals surface area contributed by atoms with Crippen LogP contribution >= 0.6 is 0 Å². The molecule has 2 heterocycles. The molecule has 0 bridgehead atoms. The van der Waals surface area contributed by atoms with Gasteiger partial charge >= 0.3 is 0 Å². The molecule has 2 aromatic heterocycles. The maximum atomic E-state index is 2.46. The van der Waals surface area contributed by atoms with Crippen molar-refractivity contribution in [3.63, 3.8) is 0 Å². The number of benzene rings is 9. The Morgan fingerprint density at radius 2 is 0.808 bits per heavy atom. The lowest BCUT2D eigenvalue weighted by Crippen LogP contribution is -2.10.